The third-order valence-electron chi connectivity index (χ3n) is 9.58. The fourth-order valence-corrected chi connectivity index (χ4v) is 6.77. The molecule has 3 N–H and O–H groups in total. The van der Waals surface area contributed by atoms with Gasteiger partial charge in [0.15, 0.2) is 12.1 Å². The van der Waals surface area contributed by atoms with E-state index >= 15 is 0 Å². The van der Waals surface area contributed by atoms with Gasteiger partial charge in [-0.1, -0.05) is 45.1 Å². The fraction of sp³-hybridized carbons (Fsp3) is 0.771. The van der Waals surface area contributed by atoms with Crippen molar-refractivity contribution in [3.05, 3.63) is 36.0 Å². The zero-order valence-electron chi connectivity index (χ0n) is 28.7. The molecule has 12 atom stereocenters. The molecule has 3 aliphatic heterocycles. The number of ketones is 1. The number of likely N-dealkylation sites (N-methyl/N-ethyl adjacent to an activating group) is 1. The molecule has 0 spiro atoms. The third kappa shape index (κ3) is 10.3. The van der Waals surface area contributed by atoms with Crippen LogP contribution in [0.5, 0.6) is 0 Å². The Morgan fingerprint density at radius 3 is 2.46 bits per heavy atom. The molecule has 11 heteroatoms. The van der Waals surface area contributed by atoms with E-state index in [4.69, 9.17) is 23.7 Å². The summed E-state index contributed by atoms with van der Waals surface area (Å²) < 4.78 is 31.0. The van der Waals surface area contributed by atoms with Gasteiger partial charge in [0.25, 0.3) is 0 Å². The number of fused-ring (bicyclic) bond motifs is 3. The van der Waals surface area contributed by atoms with Crippen LogP contribution in [0.1, 0.15) is 60.3 Å². The maximum Gasteiger partial charge on any atom is 0.308 e. The van der Waals surface area contributed by atoms with Gasteiger partial charge in [0.1, 0.15) is 12.2 Å². The Kier molecular flexibility index (Phi) is 15.0. The molecular weight excluding hydrogens is 594 g/mol. The van der Waals surface area contributed by atoms with Crippen LogP contribution < -0.4 is 0 Å². The molecule has 3 aliphatic rings. The first-order chi connectivity index (χ1) is 21.8. The predicted octanol–water partition coefficient (Wildman–Crippen LogP) is 2.81. The predicted molar refractivity (Wildman–Crippen MR) is 173 cm³/mol. The van der Waals surface area contributed by atoms with Crippen LogP contribution in [0.25, 0.3) is 0 Å². The van der Waals surface area contributed by atoms with Gasteiger partial charge in [-0.2, -0.15) is 0 Å². The Labute approximate surface area is 274 Å². The first-order valence-electron chi connectivity index (χ1n) is 16.7. The summed E-state index contributed by atoms with van der Waals surface area (Å²) in [4.78, 5) is 28.7. The van der Waals surface area contributed by atoms with E-state index in [0.717, 1.165) is 11.1 Å². The summed E-state index contributed by atoms with van der Waals surface area (Å²) in [5, 5.41) is 32.4. The van der Waals surface area contributed by atoms with E-state index in [0.29, 0.717) is 25.9 Å². The van der Waals surface area contributed by atoms with Crippen molar-refractivity contribution in [1.82, 2.24) is 4.90 Å². The Bertz CT molecular complexity index is 1080. The Hall–Kier alpha value is -1.96. The Morgan fingerprint density at radius 1 is 1.09 bits per heavy atom. The average molecular weight is 652 g/mol. The molecule has 0 aromatic heterocycles. The van der Waals surface area contributed by atoms with Crippen LogP contribution in [0.2, 0.25) is 0 Å². The fourth-order valence-electron chi connectivity index (χ4n) is 6.77. The number of hydrogen-bond acceptors (Lipinski definition) is 11. The summed E-state index contributed by atoms with van der Waals surface area (Å²) in [6, 6.07) is -0.642. The number of carbonyl (C=O) groups is 2. The number of ether oxygens (including phenoxy) is 5. The second-order valence-electron chi connectivity index (χ2n) is 13.6. The maximum absolute atomic E-state index is 13.5. The molecule has 1 unspecified atom stereocenters. The summed E-state index contributed by atoms with van der Waals surface area (Å²) >= 11 is 0. The molecule has 0 aliphatic carbocycles. The molecule has 262 valence electrons. The molecular formula is C35H57NO10. The van der Waals surface area contributed by atoms with Crippen molar-refractivity contribution >= 4 is 11.8 Å². The highest BCUT2D eigenvalue weighted by molar-refractivity contribution is 5.91. The van der Waals surface area contributed by atoms with Gasteiger partial charge in [0.2, 0.25) is 0 Å². The van der Waals surface area contributed by atoms with Gasteiger partial charge < -0.3 is 43.9 Å². The second-order valence-corrected chi connectivity index (χ2v) is 13.6. The van der Waals surface area contributed by atoms with Crippen molar-refractivity contribution in [2.75, 3.05) is 40.5 Å². The van der Waals surface area contributed by atoms with Crippen molar-refractivity contribution < 1.29 is 48.6 Å². The average Bonchev–Trinajstić information content (AvgIpc) is 3.02. The molecule has 0 radical (unpaired) electrons. The number of esters is 1. The number of carbonyl (C=O) groups excluding carboxylic acids is 2. The van der Waals surface area contributed by atoms with Gasteiger partial charge in [0.05, 0.1) is 56.7 Å². The number of aliphatic hydroxyl groups excluding tert-OH is 3. The van der Waals surface area contributed by atoms with Gasteiger partial charge in [-0.15, -0.1) is 0 Å². The first kappa shape index (κ1) is 38.5. The zero-order chi connectivity index (χ0) is 34.1. The largest absolute Gasteiger partial charge is 0.462 e. The van der Waals surface area contributed by atoms with E-state index in [1.165, 1.54) is 0 Å². The summed E-state index contributed by atoms with van der Waals surface area (Å²) in [5.74, 6) is -2.03. The van der Waals surface area contributed by atoms with Crippen molar-refractivity contribution in [2.24, 2.45) is 23.7 Å². The van der Waals surface area contributed by atoms with E-state index in [2.05, 4.69) is 6.58 Å². The zero-order valence-corrected chi connectivity index (χ0v) is 28.7. The lowest BCUT2D eigenvalue weighted by molar-refractivity contribution is -0.305. The molecule has 11 nitrogen and oxygen atoms in total. The van der Waals surface area contributed by atoms with E-state index in [-0.39, 0.29) is 43.9 Å². The molecule has 2 fully saturated rings. The van der Waals surface area contributed by atoms with Gasteiger partial charge in [-0.3, -0.25) is 9.59 Å². The molecule has 46 heavy (non-hydrogen) atoms. The monoisotopic (exact) mass is 651 g/mol. The lowest BCUT2D eigenvalue weighted by Crippen LogP contribution is -2.63. The normalized spacial score (nSPS) is 39.5. The Morgan fingerprint density at radius 2 is 1.80 bits per heavy atom. The smallest absolute Gasteiger partial charge is 0.308 e. The quantitative estimate of drug-likeness (QED) is 0.298. The Balaban J connectivity index is 2.09. The molecule has 2 bridgehead atoms. The molecule has 0 aromatic carbocycles. The SMILES string of the molecule is C=C1COCC[C@H]2C[C@@H](C)C(=O)C=CC(C)=C[C@H](CO)[C@@H](CC)OC(=O)C[C@@H](OC1)[C@H](C)[C@H]2OC1O[C@H](C)[C@@H](O)[C@H](N(C)C)[C@H]1O. The highest BCUT2D eigenvalue weighted by Gasteiger charge is 2.47. The lowest BCUT2D eigenvalue weighted by atomic mass is 9.79. The van der Waals surface area contributed by atoms with E-state index in [1.807, 2.05) is 33.8 Å². The van der Waals surface area contributed by atoms with E-state index in [9.17, 15) is 24.9 Å². The molecule has 3 heterocycles. The van der Waals surface area contributed by atoms with Gasteiger partial charge in [-0.05, 0) is 64.8 Å². The van der Waals surface area contributed by atoms with E-state index < -0.39 is 66.8 Å². The van der Waals surface area contributed by atoms with Gasteiger partial charge in [-0.25, -0.2) is 0 Å². The number of allylic oxidation sites excluding steroid dienone is 3. The van der Waals surface area contributed by atoms with Gasteiger partial charge in [0, 0.05) is 24.4 Å². The van der Waals surface area contributed by atoms with Crippen molar-refractivity contribution in [3.63, 3.8) is 0 Å². The summed E-state index contributed by atoms with van der Waals surface area (Å²) in [6.07, 6.45) is 0.776. The highest BCUT2D eigenvalue weighted by Crippen LogP contribution is 2.36. The number of rotatable bonds is 5. The molecule has 0 amide bonds. The van der Waals surface area contributed by atoms with E-state index in [1.54, 1.807) is 38.1 Å². The van der Waals surface area contributed by atoms with Crippen LogP contribution >= 0.6 is 0 Å². The molecule has 2 saturated heterocycles. The standard InChI is InChI=1S/C35H57NO10/c1-9-28-26(17-37)14-20(2)10-11-27(38)22(4)15-25-12-13-42-18-21(3)19-43-29(16-30(39)45-28)23(5)34(25)46-35-33(41)31(36(7)8)32(40)24(6)44-35/h10-11,14,22-26,28-29,31-35,37,40-41H,3,9,12-13,15-19H2,1-2,4-8H3/t22-,23+,24-,25+,26-,28-,29-,31+,32-,33-,34-,35?/m1/s1. The molecule has 3 rings (SSSR count). The number of cyclic esters (lactones) is 1. The summed E-state index contributed by atoms with van der Waals surface area (Å²) in [7, 11) is 3.56. The van der Waals surface area contributed by atoms with Crippen LogP contribution in [0, 0.1) is 23.7 Å². The first-order valence-corrected chi connectivity index (χ1v) is 16.7. The molecule has 0 aromatic rings. The van der Waals surface area contributed by atoms with Crippen LogP contribution in [0.4, 0.5) is 0 Å². The topological polar surface area (TPSA) is 144 Å². The lowest BCUT2D eigenvalue weighted by Gasteiger charge is -2.47. The van der Waals surface area contributed by atoms with Crippen molar-refractivity contribution in [3.8, 4) is 0 Å². The van der Waals surface area contributed by atoms with Crippen molar-refractivity contribution in [1.29, 1.82) is 0 Å². The highest BCUT2D eigenvalue weighted by atomic mass is 16.7. The van der Waals surface area contributed by atoms with Crippen LogP contribution in [0.15, 0.2) is 36.0 Å². The van der Waals surface area contributed by atoms with Crippen LogP contribution in [-0.4, -0.2) is 121 Å². The number of aliphatic hydroxyl groups is 3. The number of hydrogen-bond donors (Lipinski definition) is 3. The summed E-state index contributed by atoms with van der Waals surface area (Å²) in [6.45, 7) is 14.0. The molecule has 0 saturated carbocycles. The van der Waals surface area contributed by atoms with Gasteiger partial charge >= 0.3 is 5.97 Å². The third-order valence-corrected chi connectivity index (χ3v) is 9.58. The second kappa shape index (κ2) is 18.0. The minimum absolute atomic E-state index is 0.0555. The van der Waals surface area contributed by atoms with Crippen LogP contribution in [0.3, 0.4) is 0 Å². The van der Waals surface area contributed by atoms with Crippen LogP contribution in [-0.2, 0) is 33.3 Å². The summed E-state index contributed by atoms with van der Waals surface area (Å²) in [5.41, 5.74) is 1.50. The van der Waals surface area contributed by atoms with Crippen molar-refractivity contribution in [2.45, 2.75) is 109 Å². The minimum atomic E-state index is -1.18. The minimum Gasteiger partial charge on any atom is -0.462 e. The maximum atomic E-state index is 13.5. The number of nitrogens with zero attached hydrogens (tertiary/aromatic N) is 1.